The van der Waals surface area contributed by atoms with Crippen LogP contribution in [0.1, 0.15) is 24.0 Å². The molecular formula is C10H9BrF2. The van der Waals surface area contributed by atoms with Crippen LogP contribution in [0.2, 0.25) is 0 Å². The molecule has 0 bridgehead atoms. The lowest BCUT2D eigenvalue weighted by atomic mass is 10.1. The highest BCUT2D eigenvalue weighted by atomic mass is 79.9. The average Bonchev–Trinajstić information content (AvgIpc) is 2.80. The molecule has 0 saturated heterocycles. The van der Waals surface area contributed by atoms with Crippen molar-refractivity contribution in [2.45, 2.75) is 25.4 Å². The second kappa shape index (κ2) is 2.77. The molecule has 1 fully saturated rings. The molecule has 0 atom stereocenters. The molecule has 1 aromatic carbocycles. The van der Waals surface area contributed by atoms with Gasteiger partial charge in [-0.1, -0.05) is 6.07 Å². The van der Waals surface area contributed by atoms with Crippen LogP contribution in [-0.4, -0.2) is 0 Å². The van der Waals surface area contributed by atoms with Gasteiger partial charge in [0.25, 0.3) is 0 Å². The van der Waals surface area contributed by atoms with Gasteiger partial charge in [-0.2, -0.15) is 0 Å². The maximum atomic E-state index is 13.5. The zero-order chi connectivity index (χ0) is 9.64. The van der Waals surface area contributed by atoms with E-state index in [1.807, 2.05) is 0 Å². The minimum absolute atomic E-state index is 0.376. The zero-order valence-electron chi connectivity index (χ0n) is 7.20. The molecule has 1 aliphatic rings. The smallest absolute Gasteiger partial charge is 0.138 e. The first-order valence-corrected chi connectivity index (χ1v) is 4.97. The van der Waals surface area contributed by atoms with Gasteiger partial charge in [0, 0.05) is 0 Å². The SMILES string of the molecule is Cc1cc(C2(F)CC2)cc(F)c1Br. The Morgan fingerprint density at radius 1 is 1.38 bits per heavy atom. The van der Waals surface area contributed by atoms with Gasteiger partial charge in [-0.3, -0.25) is 0 Å². The van der Waals surface area contributed by atoms with Gasteiger partial charge in [0.1, 0.15) is 11.5 Å². The summed E-state index contributed by atoms with van der Waals surface area (Å²) in [4.78, 5) is 0. The standard InChI is InChI=1S/C10H9BrF2/c1-6-4-7(10(13)2-3-10)5-8(12)9(6)11/h4-5H,2-3H2,1H3. The molecule has 2 rings (SSSR count). The maximum absolute atomic E-state index is 13.5. The molecule has 0 N–H and O–H groups in total. The number of aryl methyl sites for hydroxylation is 1. The van der Waals surface area contributed by atoms with E-state index >= 15 is 0 Å². The van der Waals surface area contributed by atoms with E-state index in [4.69, 9.17) is 0 Å². The van der Waals surface area contributed by atoms with Crippen molar-refractivity contribution in [2.24, 2.45) is 0 Å². The van der Waals surface area contributed by atoms with Crippen LogP contribution in [0.3, 0.4) is 0 Å². The monoisotopic (exact) mass is 246 g/mol. The number of benzene rings is 1. The van der Waals surface area contributed by atoms with E-state index in [9.17, 15) is 8.78 Å². The van der Waals surface area contributed by atoms with E-state index in [1.165, 1.54) is 6.07 Å². The molecule has 13 heavy (non-hydrogen) atoms. The van der Waals surface area contributed by atoms with Crippen LogP contribution in [0.15, 0.2) is 16.6 Å². The van der Waals surface area contributed by atoms with E-state index in [2.05, 4.69) is 15.9 Å². The summed E-state index contributed by atoms with van der Waals surface area (Å²) in [5, 5.41) is 0. The fraction of sp³-hybridized carbons (Fsp3) is 0.400. The second-order valence-electron chi connectivity index (χ2n) is 3.55. The summed E-state index contributed by atoms with van der Waals surface area (Å²) >= 11 is 3.10. The maximum Gasteiger partial charge on any atom is 0.138 e. The summed E-state index contributed by atoms with van der Waals surface area (Å²) in [6.07, 6.45) is 1.04. The molecular weight excluding hydrogens is 238 g/mol. The van der Waals surface area contributed by atoms with Crippen LogP contribution in [0.5, 0.6) is 0 Å². The number of hydrogen-bond donors (Lipinski definition) is 0. The van der Waals surface area contributed by atoms with Crippen LogP contribution in [0.4, 0.5) is 8.78 Å². The summed E-state index contributed by atoms with van der Waals surface area (Å²) in [5.74, 6) is -0.376. The van der Waals surface area contributed by atoms with Crippen molar-refractivity contribution >= 4 is 15.9 Å². The Morgan fingerprint density at radius 2 is 2.00 bits per heavy atom. The molecule has 0 spiro atoms. The molecule has 0 heterocycles. The van der Waals surface area contributed by atoms with Crippen molar-refractivity contribution in [2.75, 3.05) is 0 Å². The third-order valence-corrected chi connectivity index (χ3v) is 3.42. The van der Waals surface area contributed by atoms with Gasteiger partial charge in [-0.05, 0) is 52.9 Å². The Bertz CT molecular complexity index is 333. The van der Waals surface area contributed by atoms with Gasteiger partial charge in [0.2, 0.25) is 0 Å². The summed E-state index contributed by atoms with van der Waals surface area (Å²) < 4.78 is 27.2. The molecule has 1 saturated carbocycles. The normalized spacial score (nSPS) is 18.8. The van der Waals surface area contributed by atoms with E-state index in [1.54, 1.807) is 13.0 Å². The first kappa shape index (κ1) is 9.13. The zero-order valence-corrected chi connectivity index (χ0v) is 8.79. The quantitative estimate of drug-likeness (QED) is 0.706. The third-order valence-electron chi connectivity index (χ3n) is 2.42. The molecule has 3 heteroatoms. The Morgan fingerprint density at radius 3 is 2.46 bits per heavy atom. The fourth-order valence-electron chi connectivity index (χ4n) is 1.38. The molecule has 0 amide bonds. The van der Waals surface area contributed by atoms with Crippen molar-refractivity contribution in [1.29, 1.82) is 0 Å². The van der Waals surface area contributed by atoms with Gasteiger partial charge in [-0.15, -0.1) is 0 Å². The van der Waals surface area contributed by atoms with Gasteiger partial charge >= 0.3 is 0 Å². The van der Waals surface area contributed by atoms with Crippen molar-refractivity contribution in [3.05, 3.63) is 33.5 Å². The summed E-state index contributed by atoms with van der Waals surface area (Å²) in [6.45, 7) is 1.77. The number of halogens is 3. The van der Waals surface area contributed by atoms with E-state index in [0.29, 0.717) is 22.9 Å². The Balaban J connectivity index is 2.50. The molecule has 70 valence electrons. The highest BCUT2D eigenvalue weighted by Gasteiger charge is 2.45. The molecule has 0 radical (unpaired) electrons. The van der Waals surface area contributed by atoms with Crippen molar-refractivity contribution in [3.63, 3.8) is 0 Å². The fourth-order valence-corrected chi connectivity index (χ4v) is 1.61. The average molecular weight is 247 g/mol. The van der Waals surface area contributed by atoms with Gasteiger partial charge < -0.3 is 0 Å². The van der Waals surface area contributed by atoms with Crippen LogP contribution in [0.25, 0.3) is 0 Å². The van der Waals surface area contributed by atoms with Gasteiger partial charge in [0.15, 0.2) is 0 Å². The van der Waals surface area contributed by atoms with Crippen molar-refractivity contribution in [3.8, 4) is 0 Å². The Kier molecular flexibility index (Phi) is 1.95. The molecule has 1 aliphatic carbocycles. The second-order valence-corrected chi connectivity index (χ2v) is 4.35. The number of alkyl halides is 1. The van der Waals surface area contributed by atoms with E-state index < -0.39 is 5.67 Å². The van der Waals surface area contributed by atoms with Gasteiger partial charge in [-0.25, -0.2) is 8.78 Å². The van der Waals surface area contributed by atoms with Crippen molar-refractivity contribution in [1.82, 2.24) is 0 Å². The summed E-state index contributed by atoms with van der Waals surface area (Å²) in [6, 6.07) is 2.99. The third kappa shape index (κ3) is 1.50. The van der Waals surface area contributed by atoms with Crippen LogP contribution >= 0.6 is 15.9 Å². The highest BCUT2D eigenvalue weighted by Crippen LogP contribution is 2.50. The molecule has 0 aliphatic heterocycles. The van der Waals surface area contributed by atoms with Crippen LogP contribution < -0.4 is 0 Å². The summed E-state index contributed by atoms with van der Waals surface area (Å²) in [7, 11) is 0. The summed E-state index contributed by atoms with van der Waals surface area (Å²) in [5.41, 5.74) is -0.0172. The molecule has 0 aromatic heterocycles. The molecule has 0 nitrogen and oxygen atoms in total. The van der Waals surface area contributed by atoms with Crippen molar-refractivity contribution < 1.29 is 8.78 Å². The predicted molar refractivity (Wildman–Crippen MR) is 50.9 cm³/mol. The minimum Gasteiger partial charge on any atom is -0.239 e. The minimum atomic E-state index is -1.24. The van der Waals surface area contributed by atoms with Crippen LogP contribution in [-0.2, 0) is 5.67 Å². The topological polar surface area (TPSA) is 0 Å². The molecule has 0 unspecified atom stereocenters. The largest absolute Gasteiger partial charge is 0.239 e. The Hall–Kier alpha value is -0.440. The van der Waals surface area contributed by atoms with Gasteiger partial charge in [0.05, 0.1) is 4.47 Å². The highest BCUT2D eigenvalue weighted by molar-refractivity contribution is 9.10. The number of hydrogen-bond acceptors (Lipinski definition) is 0. The van der Waals surface area contributed by atoms with E-state index in [0.717, 1.165) is 5.56 Å². The van der Waals surface area contributed by atoms with E-state index in [-0.39, 0.29) is 5.82 Å². The lowest BCUT2D eigenvalue weighted by molar-refractivity contribution is 0.316. The Labute approximate surface area is 84.1 Å². The lowest BCUT2D eigenvalue weighted by Crippen LogP contribution is -1.99. The number of rotatable bonds is 1. The molecule has 1 aromatic rings. The predicted octanol–water partition coefficient (Wildman–Crippen LogP) is 3.86. The van der Waals surface area contributed by atoms with Crippen LogP contribution in [0, 0.1) is 12.7 Å². The first-order chi connectivity index (χ1) is 6.03. The lowest BCUT2D eigenvalue weighted by Gasteiger charge is -2.08. The first-order valence-electron chi connectivity index (χ1n) is 4.18.